The van der Waals surface area contributed by atoms with Crippen LogP contribution in [0.4, 0.5) is 5.82 Å². The molecule has 1 aliphatic heterocycles. The summed E-state index contributed by atoms with van der Waals surface area (Å²) < 4.78 is 0. The number of nitrogens with zero attached hydrogens (tertiary/aromatic N) is 5. The third-order valence-electron chi connectivity index (χ3n) is 7.45. The van der Waals surface area contributed by atoms with Crippen molar-refractivity contribution in [2.75, 3.05) is 32.5 Å². The smallest absolute Gasteiger partial charge is 0.255 e. The van der Waals surface area contributed by atoms with E-state index in [4.69, 9.17) is 28.2 Å². The fourth-order valence-electron chi connectivity index (χ4n) is 5.18. The Morgan fingerprint density at radius 3 is 2.61 bits per heavy atom. The largest absolute Gasteiger partial charge is 0.359 e. The number of hydrogen-bond donors (Lipinski definition) is 3. The van der Waals surface area contributed by atoms with Crippen LogP contribution >= 0.6 is 23.2 Å². The molecule has 2 amide bonds. The van der Waals surface area contributed by atoms with Crippen molar-refractivity contribution < 1.29 is 9.59 Å². The van der Waals surface area contributed by atoms with Gasteiger partial charge in [0.25, 0.3) is 5.91 Å². The van der Waals surface area contributed by atoms with Gasteiger partial charge < -0.3 is 20.5 Å². The maximum absolute atomic E-state index is 13.1. The second kappa shape index (κ2) is 12.6. The van der Waals surface area contributed by atoms with E-state index < -0.39 is 6.04 Å². The molecule has 216 valence electrons. The van der Waals surface area contributed by atoms with Gasteiger partial charge in [0.1, 0.15) is 18.0 Å². The van der Waals surface area contributed by atoms with Gasteiger partial charge in [-0.25, -0.2) is 15.0 Å². The van der Waals surface area contributed by atoms with Gasteiger partial charge in [-0.2, -0.15) is 0 Å². The first kappa shape index (κ1) is 29.0. The number of amides is 2. The van der Waals surface area contributed by atoms with Crippen molar-refractivity contribution in [2.45, 2.75) is 51.2 Å². The molecule has 1 aliphatic rings. The van der Waals surface area contributed by atoms with Crippen LogP contribution in [0.5, 0.6) is 0 Å². The predicted octanol–water partition coefficient (Wildman–Crippen LogP) is 5.40. The monoisotopic (exact) mass is 596 g/mol. The van der Waals surface area contributed by atoms with E-state index in [1.165, 1.54) is 6.33 Å². The third kappa shape index (κ3) is 6.55. The van der Waals surface area contributed by atoms with Crippen molar-refractivity contribution in [1.82, 2.24) is 35.1 Å². The molecule has 0 spiro atoms. The molecule has 3 N–H and O–H groups in total. The Morgan fingerprint density at radius 1 is 1.10 bits per heavy atom. The minimum absolute atomic E-state index is 0.0485. The molecule has 1 saturated heterocycles. The number of halogens is 2. The summed E-state index contributed by atoms with van der Waals surface area (Å²) in [7, 11) is 3.88. The van der Waals surface area contributed by atoms with Gasteiger partial charge in [-0.3, -0.25) is 14.5 Å². The van der Waals surface area contributed by atoms with Crippen molar-refractivity contribution in [2.24, 2.45) is 0 Å². The van der Waals surface area contributed by atoms with Crippen LogP contribution in [0.2, 0.25) is 10.0 Å². The summed E-state index contributed by atoms with van der Waals surface area (Å²) in [4.78, 5) is 46.8. The highest BCUT2D eigenvalue weighted by atomic mass is 35.5. The van der Waals surface area contributed by atoms with Crippen molar-refractivity contribution in [3.63, 3.8) is 0 Å². The molecule has 2 unspecified atom stereocenters. The molecule has 1 fully saturated rings. The van der Waals surface area contributed by atoms with Gasteiger partial charge in [0.2, 0.25) is 5.91 Å². The zero-order chi connectivity index (χ0) is 29.1. The number of aromatic nitrogens is 4. The Labute approximate surface area is 248 Å². The molecule has 2 aromatic heterocycles. The first-order valence-corrected chi connectivity index (χ1v) is 14.6. The maximum Gasteiger partial charge on any atom is 0.255 e. The first-order chi connectivity index (χ1) is 19.7. The summed E-state index contributed by atoms with van der Waals surface area (Å²) in [6.45, 7) is 3.49. The number of likely N-dealkylation sites (tertiary alicyclic amines) is 1. The molecule has 5 rings (SSSR count). The Balaban J connectivity index is 1.45. The third-order valence-corrected chi connectivity index (χ3v) is 8.00. The minimum Gasteiger partial charge on any atom is -0.359 e. The van der Waals surface area contributed by atoms with Crippen LogP contribution in [0.15, 0.2) is 36.7 Å². The summed E-state index contributed by atoms with van der Waals surface area (Å²) in [5, 5.41) is 8.15. The van der Waals surface area contributed by atoms with Gasteiger partial charge in [-0.1, -0.05) is 30.1 Å². The minimum atomic E-state index is -0.394. The Bertz CT molecular complexity index is 1570. The molecule has 0 bridgehead atoms. The molecule has 0 radical (unpaired) electrons. The number of fused-ring (bicyclic) bond motifs is 2. The number of imidazole rings is 1. The highest BCUT2D eigenvalue weighted by Gasteiger charge is 2.24. The standard InChI is InChI=1S/C29H34Cl2N8O2/c1-4-25(38(2)3)37-26(40)10-9-22(28-34-21-8-7-17(30)13-24(21)36-28)35-27-19-14-20(31)18(15-23(19)32-16-33-27)29(41)39-11-5-6-12-39/h7-8,13-16,22,25H,4-6,9-12H2,1-3H3,(H,34,36)(H,37,40)(H,32,33,35). The Hall–Kier alpha value is -3.47. The SMILES string of the molecule is CCC(NC(=O)CCC(Nc1ncnc2cc(C(=O)N3CCCC3)c(Cl)cc12)c1nc2cc(Cl)ccc2[nH]1)N(C)C. The topological polar surface area (TPSA) is 119 Å². The van der Waals surface area contributed by atoms with E-state index in [0.29, 0.717) is 44.6 Å². The molecule has 2 aromatic carbocycles. The van der Waals surface area contributed by atoms with Gasteiger partial charge in [-0.05, 0) is 70.1 Å². The molecule has 3 heterocycles. The fourth-order valence-corrected chi connectivity index (χ4v) is 5.59. The van der Waals surface area contributed by atoms with Crippen LogP contribution in [0, 0.1) is 0 Å². The van der Waals surface area contributed by atoms with Crippen LogP contribution in [0.25, 0.3) is 21.9 Å². The molecular weight excluding hydrogens is 563 g/mol. The van der Waals surface area contributed by atoms with E-state index in [0.717, 1.165) is 43.4 Å². The van der Waals surface area contributed by atoms with Crippen LogP contribution in [0.1, 0.15) is 61.3 Å². The lowest BCUT2D eigenvalue weighted by Gasteiger charge is -2.24. The zero-order valence-electron chi connectivity index (χ0n) is 23.4. The van der Waals surface area contributed by atoms with E-state index in [-0.39, 0.29) is 24.4 Å². The molecular formula is C29H34Cl2N8O2. The van der Waals surface area contributed by atoms with Crippen molar-refractivity contribution in [1.29, 1.82) is 0 Å². The van der Waals surface area contributed by atoms with E-state index >= 15 is 0 Å². The van der Waals surface area contributed by atoms with Gasteiger partial charge in [0.05, 0.1) is 39.3 Å². The molecule has 0 saturated carbocycles. The number of benzene rings is 2. The summed E-state index contributed by atoms with van der Waals surface area (Å²) >= 11 is 12.8. The lowest BCUT2D eigenvalue weighted by atomic mass is 10.1. The zero-order valence-corrected chi connectivity index (χ0v) is 24.9. The van der Waals surface area contributed by atoms with Crippen molar-refractivity contribution in [3.05, 3.63) is 58.1 Å². The second-order valence-corrected chi connectivity index (χ2v) is 11.4. The number of rotatable bonds is 10. The van der Waals surface area contributed by atoms with Gasteiger partial charge in [-0.15, -0.1) is 0 Å². The summed E-state index contributed by atoms with van der Waals surface area (Å²) in [6, 6.07) is 8.53. The number of aromatic amines is 1. The van der Waals surface area contributed by atoms with Crippen molar-refractivity contribution in [3.8, 4) is 0 Å². The van der Waals surface area contributed by atoms with Crippen LogP contribution in [0.3, 0.4) is 0 Å². The summed E-state index contributed by atoms with van der Waals surface area (Å²) in [5.74, 6) is 1.03. The van der Waals surface area contributed by atoms with E-state index in [9.17, 15) is 9.59 Å². The van der Waals surface area contributed by atoms with E-state index in [1.54, 1.807) is 24.3 Å². The molecule has 10 nitrogen and oxygen atoms in total. The predicted molar refractivity (Wildman–Crippen MR) is 162 cm³/mol. The molecule has 12 heteroatoms. The number of H-pyrrole nitrogens is 1. The highest BCUT2D eigenvalue weighted by Crippen LogP contribution is 2.32. The highest BCUT2D eigenvalue weighted by molar-refractivity contribution is 6.35. The van der Waals surface area contributed by atoms with Crippen molar-refractivity contribution >= 4 is 62.8 Å². The van der Waals surface area contributed by atoms with E-state index in [1.807, 2.05) is 36.9 Å². The van der Waals surface area contributed by atoms with Crippen LogP contribution in [-0.4, -0.2) is 74.9 Å². The average molecular weight is 598 g/mol. The quantitative estimate of drug-likeness (QED) is 0.210. The summed E-state index contributed by atoms with van der Waals surface area (Å²) in [6.07, 6.45) is 4.89. The lowest BCUT2D eigenvalue weighted by Crippen LogP contribution is -2.44. The van der Waals surface area contributed by atoms with Gasteiger partial charge in [0, 0.05) is 29.9 Å². The Kier molecular flexibility index (Phi) is 8.91. The molecule has 4 aromatic rings. The molecule has 0 aliphatic carbocycles. The normalized spacial score (nSPS) is 15.0. The van der Waals surface area contributed by atoms with Gasteiger partial charge >= 0.3 is 0 Å². The number of carbonyl (C=O) groups is 2. The second-order valence-electron chi connectivity index (χ2n) is 10.5. The summed E-state index contributed by atoms with van der Waals surface area (Å²) in [5.41, 5.74) is 2.58. The van der Waals surface area contributed by atoms with Gasteiger partial charge in [0.15, 0.2) is 0 Å². The van der Waals surface area contributed by atoms with Crippen LogP contribution < -0.4 is 10.6 Å². The maximum atomic E-state index is 13.1. The molecule has 41 heavy (non-hydrogen) atoms. The Morgan fingerprint density at radius 2 is 1.88 bits per heavy atom. The number of hydrogen-bond acceptors (Lipinski definition) is 7. The number of anilines is 1. The molecule has 2 atom stereocenters. The fraction of sp³-hybridized carbons (Fsp3) is 0.414. The lowest BCUT2D eigenvalue weighted by molar-refractivity contribution is -0.123. The average Bonchev–Trinajstić information content (AvgIpc) is 3.63. The first-order valence-electron chi connectivity index (χ1n) is 13.8. The number of nitrogens with one attached hydrogen (secondary N) is 3. The van der Waals surface area contributed by atoms with E-state index in [2.05, 4.69) is 25.6 Å². The van der Waals surface area contributed by atoms with Crippen LogP contribution in [-0.2, 0) is 4.79 Å². The number of carbonyl (C=O) groups excluding carboxylic acids is 2.